The molecule has 2 rings (SSSR count). The van der Waals surface area contributed by atoms with Gasteiger partial charge in [0.25, 0.3) is 0 Å². The van der Waals surface area contributed by atoms with Crippen LogP contribution < -0.4 is 10.5 Å². The van der Waals surface area contributed by atoms with Crippen molar-refractivity contribution in [2.75, 3.05) is 0 Å². The number of halogens is 3. The largest absolute Gasteiger partial charge is 0.486 e. The van der Waals surface area contributed by atoms with Gasteiger partial charge in [-0.25, -0.2) is 0 Å². The molecule has 0 aliphatic heterocycles. The summed E-state index contributed by atoms with van der Waals surface area (Å²) in [7, 11) is 0. The second kappa shape index (κ2) is 6.70. The van der Waals surface area contributed by atoms with E-state index in [9.17, 15) is 0 Å². The zero-order chi connectivity index (χ0) is 13.8. The number of rotatable bonds is 4. The van der Waals surface area contributed by atoms with E-state index < -0.39 is 0 Å². The van der Waals surface area contributed by atoms with Crippen molar-refractivity contribution in [3.8, 4) is 5.75 Å². The van der Waals surface area contributed by atoms with Crippen LogP contribution in [0.4, 0.5) is 0 Å². The van der Waals surface area contributed by atoms with Gasteiger partial charge in [-0.3, -0.25) is 4.98 Å². The molecule has 1 aromatic carbocycles. The molecule has 0 bridgehead atoms. The van der Waals surface area contributed by atoms with Gasteiger partial charge >= 0.3 is 0 Å². The minimum absolute atomic E-state index is 0.376. The summed E-state index contributed by atoms with van der Waals surface area (Å²) in [6.07, 6.45) is 3.29. The molecule has 100 valence electrons. The van der Waals surface area contributed by atoms with Crippen LogP contribution in [0.3, 0.4) is 0 Å². The van der Waals surface area contributed by atoms with Crippen molar-refractivity contribution in [2.45, 2.75) is 13.2 Å². The fourth-order valence-corrected chi connectivity index (χ4v) is 3.22. The van der Waals surface area contributed by atoms with Crippen LogP contribution in [0.25, 0.3) is 0 Å². The van der Waals surface area contributed by atoms with E-state index in [1.165, 1.54) is 0 Å². The summed E-state index contributed by atoms with van der Waals surface area (Å²) in [5.41, 5.74) is 7.52. The summed E-state index contributed by atoms with van der Waals surface area (Å²) < 4.78 is 7.50. The number of nitrogens with two attached hydrogens (primary N) is 1. The van der Waals surface area contributed by atoms with E-state index >= 15 is 0 Å². The summed E-state index contributed by atoms with van der Waals surface area (Å²) in [5, 5.41) is 0.591. The molecule has 19 heavy (non-hydrogen) atoms. The third-order valence-electron chi connectivity index (χ3n) is 2.52. The van der Waals surface area contributed by atoms with E-state index in [2.05, 4.69) is 36.8 Å². The van der Waals surface area contributed by atoms with Gasteiger partial charge in [0.05, 0.1) is 14.0 Å². The molecule has 1 aromatic heterocycles. The Morgan fingerprint density at radius 1 is 1.26 bits per heavy atom. The van der Waals surface area contributed by atoms with E-state index in [0.29, 0.717) is 18.2 Å². The van der Waals surface area contributed by atoms with Gasteiger partial charge in [-0.15, -0.1) is 0 Å². The summed E-state index contributed by atoms with van der Waals surface area (Å²) in [6.45, 7) is 0.855. The molecule has 0 atom stereocenters. The van der Waals surface area contributed by atoms with Crippen LogP contribution >= 0.6 is 43.5 Å². The molecule has 0 fully saturated rings. The van der Waals surface area contributed by atoms with E-state index in [4.69, 9.17) is 22.1 Å². The lowest BCUT2D eigenvalue weighted by Gasteiger charge is -2.12. The molecule has 2 N–H and O–H groups in total. The van der Waals surface area contributed by atoms with Gasteiger partial charge in [0.15, 0.2) is 0 Å². The first kappa shape index (κ1) is 14.8. The molecule has 2 aromatic rings. The van der Waals surface area contributed by atoms with Crippen molar-refractivity contribution >= 4 is 43.5 Å². The minimum atomic E-state index is 0.376. The Kier molecular flexibility index (Phi) is 5.21. The van der Waals surface area contributed by atoms with Gasteiger partial charge in [0, 0.05) is 24.5 Å². The van der Waals surface area contributed by atoms with Gasteiger partial charge in [-0.1, -0.05) is 11.6 Å². The predicted octanol–water partition coefficient (Wildman–Crippen LogP) is 4.30. The van der Waals surface area contributed by atoms with Crippen molar-refractivity contribution in [1.82, 2.24) is 4.98 Å². The summed E-state index contributed by atoms with van der Waals surface area (Å²) in [4.78, 5) is 3.94. The molecule has 0 saturated carbocycles. The topological polar surface area (TPSA) is 48.1 Å². The Hall–Kier alpha value is -0.620. The van der Waals surface area contributed by atoms with Gasteiger partial charge in [-0.05, 0) is 55.6 Å². The Labute approximate surface area is 133 Å². The lowest BCUT2D eigenvalue weighted by atomic mass is 10.2. The molecular weight excluding hydrogens is 395 g/mol. The molecule has 0 spiro atoms. The van der Waals surface area contributed by atoms with E-state index in [-0.39, 0.29) is 0 Å². The number of benzene rings is 1. The summed E-state index contributed by atoms with van der Waals surface area (Å²) in [6, 6.07) is 5.71. The normalized spacial score (nSPS) is 10.5. The molecule has 0 radical (unpaired) electrons. The highest BCUT2D eigenvalue weighted by Gasteiger charge is 2.10. The molecule has 0 aliphatic rings. The quantitative estimate of drug-likeness (QED) is 0.824. The Bertz CT molecular complexity index is 570. The van der Waals surface area contributed by atoms with Crippen LogP contribution in [-0.4, -0.2) is 4.98 Å². The van der Waals surface area contributed by atoms with E-state index in [1.54, 1.807) is 12.4 Å². The number of pyridine rings is 1. The zero-order valence-corrected chi connectivity index (χ0v) is 13.8. The van der Waals surface area contributed by atoms with Crippen molar-refractivity contribution in [3.05, 3.63) is 55.7 Å². The van der Waals surface area contributed by atoms with E-state index in [1.807, 2.05) is 18.2 Å². The Morgan fingerprint density at radius 2 is 1.95 bits per heavy atom. The van der Waals surface area contributed by atoms with Crippen LogP contribution in [0, 0.1) is 0 Å². The monoisotopic (exact) mass is 404 g/mol. The van der Waals surface area contributed by atoms with Crippen molar-refractivity contribution in [1.29, 1.82) is 0 Å². The second-order valence-corrected chi connectivity index (χ2v) is 5.96. The van der Waals surface area contributed by atoms with Crippen LogP contribution in [-0.2, 0) is 13.2 Å². The SMILES string of the molecule is NCc1cc(Br)c(OCc2ccncc2Cl)c(Br)c1. The highest BCUT2D eigenvalue weighted by Crippen LogP contribution is 2.35. The van der Waals surface area contributed by atoms with Gasteiger partial charge in [0.1, 0.15) is 12.4 Å². The van der Waals surface area contributed by atoms with Gasteiger partial charge in [-0.2, -0.15) is 0 Å². The Balaban J connectivity index is 2.18. The maximum Gasteiger partial charge on any atom is 0.148 e. The van der Waals surface area contributed by atoms with Crippen LogP contribution in [0.15, 0.2) is 39.5 Å². The fourth-order valence-electron chi connectivity index (χ4n) is 1.54. The molecular formula is C13H11Br2ClN2O. The molecule has 0 amide bonds. The maximum absolute atomic E-state index is 6.04. The van der Waals surface area contributed by atoms with Crippen molar-refractivity contribution in [2.24, 2.45) is 5.73 Å². The third kappa shape index (κ3) is 3.69. The molecule has 0 aliphatic carbocycles. The molecule has 6 heteroatoms. The Morgan fingerprint density at radius 3 is 2.53 bits per heavy atom. The molecule has 1 heterocycles. The number of aromatic nitrogens is 1. The van der Waals surface area contributed by atoms with Crippen LogP contribution in [0.1, 0.15) is 11.1 Å². The average molecular weight is 407 g/mol. The lowest BCUT2D eigenvalue weighted by molar-refractivity contribution is 0.302. The number of hydrogen-bond acceptors (Lipinski definition) is 3. The first-order chi connectivity index (χ1) is 9.11. The zero-order valence-electron chi connectivity index (χ0n) is 9.87. The predicted molar refractivity (Wildman–Crippen MR) is 83.3 cm³/mol. The smallest absolute Gasteiger partial charge is 0.148 e. The highest BCUT2D eigenvalue weighted by molar-refractivity contribution is 9.11. The standard InChI is InChI=1S/C13H11Br2ClN2O/c14-10-3-8(5-17)4-11(15)13(10)19-7-9-1-2-18-6-12(9)16/h1-4,6H,5,7,17H2. The minimum Gasteiger partial charge on any atom is -0.486 e. The first-order valence-corrected chi connectivity index (χ1v) is 7.47. The first-order valence-electron chi connectivity index (χ1n) is 5.51. The van der Waals surface area contributed by atoms with Crippen LogP contribution in [0.5, 0.6) is 5.75 Å². The fraction of sp³-hybridized carbons (Fsp3) is 0.154. The highest BCUT2D eigenvalue weighted by atomic mass is 79.9. The van der Waals surface area contributed by atoms with Gasteiger partial charge < -0.3 is 10.5 Å². The third-order valence-corrected chi connectivity index (χ3v) is 4.04. The average Bonchev–Trinajstić information content (AvgIpc) is 2.39. The number of nitrogens with zero attached hydrogens (tertiary/aromatic N) is 1. The number of ether oxygens (including phenoxy) is 1. The summed E-state index contributed by atoms with van der Waals surface area (Å²) >= 11 is 13.0. The van der Waals surface area contributed by atoms with Crippen molar-refractivity contribution < 1.29 is 4.74 Å². The number of hydrogen-bond donors (Lipinski definition) is 1. The lowest BCUT2D eigenvalue weighted by Crippen LogP contribution is -2.00. The second-order valence-electron chi connectivity index (χ2n) is 3.85. The van der Waals surface area contributed by atoms with Crippen LogP contribution in [0.2, 0.25) is 5.02 Å². The molecule has 0 unspecified atom stereocenters. The molecule has 3 nitrogen and oxygen atoms in total. The maximum atomic E-state index is 6.04. The van der Waals surface area contributed by atoms with Crippen molar-refractivity contribution in [3.63, 3.8) is 0 Å². The molecule has 0 saturated heterocycles. The van der Waals surface area contributed by atoms with E-state index in [0.717, 1.165) is 25.8 Å². The van der Waals surface area contributed by atoms with Gasteiger partial charge in [0.2, 0.25) is 0 Å². The summed E-state index contributed by atoms with van der Waals surface area (Å²) in [5.74, 6) is 0.727.